The summed E-state index contributed by atoms with van der Waals surface area (Å²) in [6.07, 6.45) is 1.07. The third-order valence-electron chi connectivity index (χ3n) is 5.08. The first-order chi connectivity index (χ1) is 9.96. The van der Waals surface area contributed by atoms with Crippen LogP contribution >= 0.6 is 0 Å². The third-order valence-corrected chi connectivity index (χ3v) is 5.08. The van der Waals surface area contributed by atoms with Crippen molar-refractivity contribution in [1.82, 2.24) is 10.2 Å². The molecule has 0 amide bonds. The van der Waals surface area contributed by atoms with Gasteiger partial charge in [0.15, 0.2) is 0 Å². The number of benzene rings is 1. The molecule has 1 aliphatic heterocycles. The summed E-state index contributed by atoms with van der Waals surface area (Å²) in [7, 11) is 2.08. The van der Waals surface area contributed by atoms with Gasteiger partial charge in [-0.15, -0.1) is 0 Å². The van der Waals surface area contributed by atoms with Crippen LogP contribution in [0.3, 0.4) is 0 Å². The summed E-state index contributed by atoms with van der Waals surface area (Å²) in [6, 6.07) is 7.01. The molecule has 1 aromatic carbocycles. The van der Waals surface area contributed by atoms with E-state index in [-0.39, 0.29) is 5.54 Å². The number of nitrogens with one attached hydrogen (secondary N) is 1. The van der Waals surface area contributed by atoms with Crippen LogP contribution in [0.4, 0.5) is 0 Å². The fourth-order valence-corrected chi connectivity index (χ4v) is 3.44. The summed E-state index contributed by atoms with van der Waals surface area (Å²) in [6.45, 7) is 12.9. The molecule has 2 rings (SSSR count). The highest BCUT2D eigenvalue weighted by Crippen LogP contribution is 2.25. The molecule has 3 heteroatoms. The van der Waals surface area contributed by atoms with Crippen LogP contribution in [0.25, 0.3) is 0 Å². The molecule has 1 saturated heterocycles. The van der Waals surface area contributed by atoms with Crippen molar-refractivity contribution in [3.05, 3.63) is 34.9 Å². The molecular weight excluding hydrogens is 260 g/mol. The number of nitrogens with zero attached hydrogens (tertiary/aromatic N) is 1. The maximum Gasteiger partial charge on any atom is 0.0594 e. The van der Waals surface area contributed by atoms with E-state index in [1.807, 2.05) is 0 Å². The van der Waals surface area contributed by atoms with Gasteiger partial charge in [0.2, 0.25) is 0 Å². The zero-order valence-electron chi connectivity index (χ0n) is 14.2. The van der Waals surface area contributed by atoms with E-state index < -0.39 is 0 Å². The number of likely N-dealkylation sites (N-methyl/N-ethyl adjacent to an activating group) is 1. The van der Waals surface area contributed by atoms with Crippen LogP contribution in [0.5, 0.6) is 0 Å². The second-order valence-corrected chi connectivity index (χ2v) is 6.67. The summed E-state index contributed by atoms with van der Waals surface area (Å²) in [4.78, 5) is 2.56. The SMILES string of the molecule is CNC(Cc1c(C)cccc1C)C(C)(C)N1CCOCC1. The first-order valence-electron chi connectivity index (χ1n) is 8.02. The Morgan fingerprint density at radius 1 is 1.19 bits per heavy atom. The molecule has 0 saturated carbocycles. The van der Waals surface area contributed by atoms with Gasteiger partial charge in [0, 0.05) is 24.7 Å². The van der Waals surface area contributed by atoms with Gasteiger partial charge in [-0.3, -0.25) is 4.90 Å². The van der Waals surface area contributed by atoms with Crippen molar-refractivity contribution in [3.63, 3.8) is 0 Å². The lowest BCUT2D eigenvalue weighted by atomic mass is 9.85. The lowest BCUT2D eigenvalue weighted by Crippen LogP contribution is -2.60. The number of morpholine rings is 1. The van der Waals surface area contributed by atoms with Crippen LogP contribution in [-0.2, 0) is 11.2 Å². The Kier molecular flexibility index (Phi) is 5.42. The molecule has 1 aromatic rings. The van der Waals surface area contributed by atoms with Crippen molar-refractivity contribution in [2.24, 2.45) is 0 Å². The molecule has 1 fully saturated rings. The van der Waals surface area contributed by atoms with Crippen LogP contribution in [0.15, 0.2) is 18.2 Å². The van der Waals surface area contributed by atoms with Gasteiger partial charge in [-0.2, -0.15) is 0 Å². The quantitative estimate of drug-likeness (QED) is 0.902. The molecule has 1 N–H and O–H groups in total. The van der Waals surface area contributed by atoms with E-state index in [1.165, 1.54) is 16.7 Å². The van der Waals surface area contributed by atoms with E-state index in [0.717, 1.165) is 32.7 Å². The number of rotatable bonds is 5. The van der Waals surface area contributed by atoms with Crippen molar-refractivity contribution in [3.8, 4) is 0 Å². The molecule has 0 spiro atoms. The molecule has 118 valence electrons. The molecule has 0 bridgehead atoms. The molecule has 1 aliphatic rings. The Morgan fingerprint density at radius 3 is 2.29 bits per heavy atom. The van der Waals surface area contributed by atoms with Crippen molar-refractivity contribution >= 4 is 0 Å². The van der Waals surface area contributed by atoms with Crippen LogP contribution in [0.1, 0.15) is 30.5 Å². The number of ether oxygens (including phenoxy) is 1. The standard InChI is InChI=1S/C18H30N2O/c1-14-7-6-8-15(2)16(14)13-17(19-5)18(3,4)20-9-11-21-12-10-20/h6-8,17,19H,9-13H2,1-5H3. The largest absolute Gasteiger partial charge is 0.379 e. The van der Waals surface area contributed by atoms with Crippen LogP contribution in [-0.4, -0.2) is 49.8 Å². The van der Waals surface area contributed by atoms with Gasteiger partial charge < -0.3 is 10.1 Å². The van der Waals surface area contributed by atoms with Gasteiger partial charge in [-0.1, -0.05) is 18.2 Å². The molecule has 3 nitrogen and oxygen atoms in total. The zero-order chi connectivity index (χ0) is 15.5. The fourth-order valence-electron chi connectivity index (χ4n) is 3.44. The summed E-state index contributed by atoms with van der Waals surface area (Å²) in [5.41, 5.74) is 4.40. The maximum absolute atomic E-state index is 5.50. The Balaban J connectivity index is 2.18. The monoisotopic (exact) mass is 290 g/mol. The van der Waals surface area contributed by atoms with Crippen molar-refractivity contribution in [2.45, 2.75) is 45.7 Å². The third kappa shape index (κ3) is 3.65. The smallest absolute Gasteiger partial charge is 0.0594 e. The molecule has 21 heavy (non-hydrogen) atoms. The first kappa shape index (κ1) is 16.5. The molecule has 1 heterocycles. The molecular formula is C18H30N2O. The van der Waals surface area contributed by atoms with Gasteiger partial charge in [-0.25, -0.2) is 0 Å². The normalized spacial score (nSPS) is 18.7. The maximum atomic E-state index is 5.50. The Morgan fingerprint density at radius 2 is 1.76 bits per heavy atom. The summed E-state index contributed by atoms with van der Waals surface area (Å²) in [5, 5.41) is 3.56. The topological polar surface area (TPSA) is 24.5 Å². The van der Waals surface area contributed by atoms with E-state index in [2.05, 4.69) is 63.2 Å². The number of hydrogen-bond donors (Lipinski definition) is 1. The lowest BCUT2D eigenvalue weighted by molar-refractivity contribution is -0.0224. The fraction of sp³-hybridized carbons (Fsp3) is 0.667. The van der Waals surface area contributed by atoms with Gasteiger partial charge in [0.25, 0.3) is 0 Å². The minimum absolute atomic E-state index is 0.118. The second kappa shape index (κ2) is 6.91. The van der Waals surface area contributed by atoms with E-state index in [9.17, 15) is 0 Å². The first-order valence-corrected chi connectivity index (χ1v) is 8.02. The molecule has 1 unspecified atom stereocenters. The van der Waals surface area contributed by atoms with E-state index in [0.29, 0.717) is 6.04 Å². The highest BCUT2D eigenvalue weighted by Gasteiger charge is 2.35. The van der Waals surface area contributed by atoms with Crippen molar-refractivity contribution in [2.75, 3.05) is 33.4 Å². The second-order valence-electron chi connectivity index (χ2n) is 6.67. The summed E-state index contributed by atoms with van der Waals surface area (Å²) < 4.78 is 5.50. The molecule has 1 atom stereocenters. The predicted molar refractivity (Wildman–Crippen MR) is 88.9 cm³/mol. The summed E-state index contributed by atoms with van der Waals surface area (Å²) >= 11 is 0. The minimum atomic E-state index is 0.118. The van der Waals surface area contributed by atoms with Crippen LogP contribution in [0, 0.1) is 13.8 Å². The Bertz CT molecular complexity index is 444. The van der Waals surface area contributed by atoms with Crippen molar-refractivity contribution < 1.29 is 4.74 Å². The highest BCUT2D eigenvalue weighted by molar-refractivity contribution is 5.34. The van der Waals surface area contributed by atoms with Gasteiger partial charge in [0.1, 0.15) is 0 Å². The van der Waals surface area contributed by atoms with Crippen LogP contribution < -0.4 is 5.32 Å². The Hall–Kier alpha value is -0.900. The van der Waals surface area contributed by atoms with E-state index in [4.69, 9.17) is 4.74 Å². The molecule has 0 aliphatic carbocycles. The lowest BCUT2D eigenvalue weighted by Gasteiger charge is -2.46. The summed E-state index contributed by atoms with van der Waals surface area (Å²) in [5.74, 6) is 0. The highest BCUT2D eigenvalue weighted by atomic mass is 16.5. The van der Waals surface area contributed by atoms with E-state index >= 15 is 0 Å². The average molecular weight is 290 g/mol. The van der Waals surface area contributed by atoms with Gasteiger partial charge in [0.05, 0.1) is 13.2 Å². The number of aryl methyl sites for hydroxylation is 2. The number of hydrogen-bond acceptors (Lipinski definition) is 3. The zero-order valence-corrected chi connectivity index (χ0v) is 14.2. The molecule has 0 radical (unpaired) electrons. The van der Waals surface area contributed by atoms with Crippen LogP contribution in [0.2, 0.25) is 0 Å². The van der Waals surface area contributed by atoms with Crippen molar-refractivity contribution in [1.29, 1.82) is 0 Å². The average Bonchev–Trinajstić information content (AvgIpc) is 2.47. The predicted octanol–water partition coefficient (Wildman–Crippen LogP) is 2.54. The Labute approximate surface area is 129 Å². The van der Waals surface area contributed by atoms with Gasteiger partial charge >= 0.3 is 0 Å². The van der Waals surface area contributed by atoms with Gasteiger partial charge in [-0.05, 0) is 57.9 Å². The minimum Gasteiger partial charge on any atom is -0.379 e. The molecule has 0 aromatic heterocycles. The van der Waals surface area contributed by atoms with E-state index in [1.54, 1.807) is 0 Å².